The van der Waals surface area contributed by atoms with E-state index in [0.717, 1.165) is 19.3 Å². The molecular formula is C14H19NO. The second-order valence-corrected chi connectivity index (χ2v) is 4.66. The van der Waals surface area contributed by atoms with Gasteiger partial charge < -0.3 is 0 Å². The first kappa shape index (κ1) is 11.3. The van der Waals surface area contributed by atoms with Crippen LogP contribution in [-0.2, 0) is 11.2 Å². The molecule has 2 heteroatoms. The van der Waals surface area contributed by atoms with Crippen LogP contribution in [0.15, 0.2) is 24.5 Å². The van der Waals surface area contributed by atoms with Gasteiger partial charge in [0.2, 0.25) is 0 Å². The molecule has 16 heavy (non-hydrogen) atoms. The summed E-state index contributed by atoms with van der Waals surface area (Å²) in [5.41, 5.74) is 1.17. The molecule has 0 unspecified atom stereocenters. The van der Waals surface area contributed by atoms with E-state index in [1.54, 1.807) is 6.20 Å². The van der Waals surface area contributed by atoms with Gasteiger partial charge in [0.15, 0.2) is 0 Å². The minimum atomic E-state index is 0.352. The second kappa shape index (κ2) is 5.78. The zero-order chi connectivity index (χ0) is 11.2. The quantitative estimate of drug-likeness (QED) is 0.775. The molecule has 0 aromatic carbocycles. The largest absolute Gasteiger partial charge is 0.299 e. The van der Waals surface area contributed by atoms with Crippen molar-refractivity contribution in [3.8, 4) is 0 Å². The van der Waals surface area contributed by atoms with Gasteiger partial charge in [0.25, 0.3) is 0 Å². The van der Waals surface area contributed by atoms with E-state index >= 15 is 0 Å². The third kappa shape index (κ3) is 3.16. The smallest absolute Gasteiger partial charge is 0.136 e. The van der Waals surface area contributed by atoms with Crippen molar-refractivity contribution in [3.05, 3.63) is 30.1 Å². The Labute approximate surface area is 97.1 Å². The summed E-state index contributed by atoms with van der Waals surface area (Å²) >= 11 is 0. The van der Waals surface area contributed by atoms with Crippen LogP contribution in [0, 0.1) is 5.92 Å². The Hall–Kier alpha value is -1.18. The Morgan fingerprint density at radius 3 is 2.81 bits per heavy atom. The molecule has 1 aromatic rings. The van der Waals surface area contributed by atoms with Crippen LogP contribution >= 0.6 is 0 Å². The molecular weight excluding hydrogens is 198 g/mol. The van der Waals surface area contributed by atoms with Crippen molar-refractivity contribution >= 4 is 5.78 Å². The summed E-state index contributed by atoms with van der Waals surface area (Å²) in [6, 6.07) is 3.97. The molecule has 2 rings (SSSR count). The van der Waals surface area contributed by atoms with Crippen LogP contribution in [0.4, 0.5) is 0 Å². The Balaban J connectivity index is 1.79. The average molecular weight is 217 g/mol. The van der Waals surface area contributed by atoms with Crippen LogP contribution in [0.2, 0.25) is 0 Å². The van der Waals surface area contributed by atoms with Gasteiger partial charge >= 0.3 is 0 Å². The summed E-state index contributed by atoms with van der Waals surface area (Å²) in [5.74, 6) is 0.814. The molecule has 1 saturated carbocycles. The fourth-order valence-electron chi connectivity index (χ4n) is 2.44. The molecule has 1 aliphatic rings. The number of pyridine rings is 1. The highest BCUT2D eigenvalue weighted by molar-refractivity contribution is 5.81. The molecule has 1 aromatic heterocycles. The predicted octanol–water partition coefficient (Wildman–Crippen LogP) is 3.16. The van der Waals surface area contributed by atoms with Gasteiger partial charge in [0, 0.05) is 24.7 Å². The number of hydrogen-bond donors (Lipinski definition) is 0. The van der Waals surface area contributed by atoms with Crippen LogP contribution in [0.3, 0.4) is 0 Å². The molecule has 0 amide bonds. The predicted molar refractivity (Wildman–Crippen MR) is 64.1 cm³/mol. The van der Waals surface area contributed by atoms with Crippen molar-refractivity contribution in [3.63, 3.8) is 0 Å². The molecule has 1 fully saturated rings. The molecule has 0 N–H and O–H groups in total. The van der Waals surface area contributed by atoms with Gasteiger partial charge in [-0.25, -0.2) is 0 Å². The lowest BCUT2D eigenvalue weighted by atomic mass is 9.84. The van der Waals surface area contributed by atoms with Gasteiger partial charge in [0.1, 0.15) is 5.78 Å². The molecule has 0 aliphatic heterocycles. The minimum absolute atomic E-state index is 0.352. The van der Waals surface area contributed by atoms with Gasteiger partial charge in [-0.05, 0) is 30.9 Å². The number of carbonyl (C=O) groups excluding carboxylic acids is 1. The molecule has 86 valence electrons. The lowest BCUT2D eigenvalue weighted by molar-refractivity contribution is -0.123. The molecule has 0 radical (unpaired) electrons. The highest BCUT2D eigenvalue weighted by Crippen LogP contribution is 2.25. The van der Waals surface area contributed by atoms with E-state index in [4.69, 9.17) is 0 Å². The van der Waals surface area contributed by atoms with Crippen molar-refractivity contribution in [2.24, 2.45) is 5.92 Å². The van der Waals surface area contributed by atoms with E-state index in [1.165, 1.54) is 24.8 Å². The van der Waals surface area contributed by atoms with Crippen molar-refractivity contribution in [1.29, 1.82) is 0 Å². The first-order chi connectivity index (χ1) is 7.86. The second-order valence-electron chi connectivity index (χ2n) is 4.66. The zero-order valence-corrected chi connectivity index (χ0v) is 9.69. The first-order valence-corrected chi connectivity index (χ1v) is 6.28. The van der Waals surface area contributed by atoms with Crippen LogP contribution in [0.5, 0.6) is 0 Å². The van der Waals surface area contributed by atoms with Gasteiger partial charge in [-0.3, -0.25) is 9.78 Å². The lowest BCUT2D eigenvalue weighted by Crippen LogP contribution is -2.18. The van der Waals surface area contributed by atoms with Gasteiger partial charge in [-0.2, -0.15) is 0 Å². The summed E-state index contributed by atoms with van der Waals surface area (Å²) in [7, 11) is 0. The molecule has 0 saturated heterocycles. The van der Waals surface area contributed by atoms with Crippen molar-refractivity contribution in [2.45, 2.75) is 44.9 Å². The van der Waals surface area contributed by atoms with Crippen molar-refractivity contribution < 1.29 is 4.79 Å². The molecule has 0 bridgehead atoms. The fraction of sp³-hybridized carbons (Fsp3) is 0.571. The Bertz CT molecular complexity index is 328. The van der Waals surface area contributed by atoms with E-state index in [1.807, 2.05) is 18.3 Å². The Morgan fingerprint density at radius 1 is 1.31 bits per heavy atom. The molecule has 0 atom stereocenters. The summed E-state index contributed by atoms with van der Waals surface area (Å²) < 4.78 is 0. The lowest BCUT2D eigenvalue weighted by Gasteiger charge is -2.20. The van der Waals surface area contributed by atoms with E-state index in [2.05, 4.69) is 4.98 Å². The maximum absolute atomic E-state index is 12.0. The minimum Gasteiger partial charge on any atom is -0.299 e. The fourth-order valence-corrected chi connectivity index (χ4v) is 2.44. The Morgan fingerprint density at radius 2 is 2.12 bits per heavy atom. The molecule has 2 nitrogen and oxygen atoms in total. The normalized spacial score (nSPS) is 17.2. The van der Waals surface area contributed by atoms with Crippen LogP contribution in [0.25, 0.3) is 0 Å². The number of Topliss-reactive ketones (excluding diaryl/α,β-unsaturated/α-hetero) is 1. The average Bonchev–Trinajstić information content (AvgIpc) is 2.38. The van der Waals surface area contributed by atoms with Crippen LogP contribution in [-0.4, -0.2) is 10.8 Å². The van der Waals surface area contributed by atoms with Gasteiger partial charge in [-0.15, -0.1) is 0 Å². The summed E-state index contributed by atoms with van der Waals surface area (Å²) in [5, 5.41) is 0. The number of rotatable bonds is 4. The summed E-state index contributed by atoms with van der Waals surface area (Å²) in [4.78, 5) is 16.0. The number of carbonyl (C=O) groups is 1. The summed E-state index contributed by atoms with van der Waals surface area (Å²) in [6.45, 7) is 0. The highest BCUT2D eigenvalue weighted by atomic mass is 16.1. The number of aryl methyl sites for hydroxylation is 1. The van der Waals surface area contributed by atoms with Gasteiger partial charge in [-0.1, -0.05) is 25.3 Å². The van der Waals surface area contributed by atoms with Crippen LogP contribution in [0.1, 0.15) is 44.1 Å². The highest BCUT2D eigenvalue weighted by Gasteiger charge is 2.20. The number of ketones is 1. The molecule has 0 spiro atoms. The number of aromatic nitrogens is 1. The maximum atomic E-state index is 12.0. The van der Waals surface area contributed by atoms with E-state index < -0.39 is 0 Å². The molecule has 1 aliphatic carbocycles. The summed E-state index contributed by atoms with van der Waals surface area (Å²) in [6.07, 6.45) is 11.2. The number of nitrogens with zero attached hydrogens (tertiary/aromatic N) is 1. The monoisotopic (exact) mass is 217 g/mol. The SMILES string of the molecule is O=C(CCc1cccnc1)C1CCCCC1. The van der Waals surface area contributed by atoms with Crippen molar-refractivity contribution in [1.82, 2.24) is 4.98 Å². The van der Waals surface area contributed by atoms with Crippen LogP contribution < -0.4 is 0 Å². The maximum Gasteiger partial charge on any atom is 0.136 e. The zero-order valence-electron chi connectivity index (χ0n) is 9.69. The molecule has 1 heterocycles. The standard InChI is InChI=1S/C14H19NO/c16-14(13-6-2-1-3-7-13)9-8-12-5-4-10-15-11-12/h4-5,10-11,13H,1-3,6-9H2. The number of hydrogen-bond acceptors (Lipinski definition) is 2. The van der Waals surface area contributed by atoms with Crippen molar-refractivity contribution in [2.75, 3.05) is 0 Å². The van der Waals surface area contributed by atoms with E-state index in [-0.39, 0.29) is 0 Å². The topological polar surface area (TPSA) is 30.0 Å². The van der Waals surface area contributed by atoms with Gasteiger partial charge in [0.05, 0.1) is 0 Å². The van der Waals surface area contributed by atoms with E-state index in [0.29, 0.717) is 18.1 Å². The Kier molecular flexibility index (Phi) is 4.09. The first-order valence-electron chi connectivity index (χ1n) is 6.28. The van der Waals surface area contributed by atoms with E-state index in [9.17, 15) is 4.79 Å². The third-order valence-electron chi connectivity index (χ3n) is 3.44. The third-order valence-corrected chi connectivity index (χ3v) is 3.44.